The van der Waals surface area contributed by atoms with Gasteiger partial charge in [0.1, 0.15) is 5.82 Å². The van der Waals surface area contributed by atoms with E-state index in [2.05, 4.69) is 4.98 Å². The second-order valence-corrected chi connectivity index (χ2v) is 4.48. The minimum atomic E-state index is -0.437. The molecule has 1 saturated carbocycles. The number of ether oxygens (including phenoxy) is 1. The predicted molar refractivity (Wildman–Crippen MR) is 61.1 cm³/mol. The normalized spacial score (nSPS) is 19.7. The summed E-state index contributed by atoms with van der Waals surface area (Å²) in [6, 6.07) is 0. The van der Waals surface area contributed by atoms with E-state index < -0.39 is 6.10 Å². The fourth-order valence-corrected chi connectivity index (χ4v) is 2.07. The second-order valence-electron chi connectivity index (χ2n) is 4.48. The van der Waals surface area contributed by atoms with Crippen LogP contribution in [0.4, 0.5) is 0 Å². The Bertz CT molecular complexity index is 334. The largest absolute Gasteiger partial charge is 0.390 e. The zero-order chi connectivity index (χ0) is 11.5. The third-order valence-electron chi connectivity index (χ3n) is 3.14. The van der Waals surface area contributed by atoms with E-state index in [1.165, 1.54) is 12.8 Å². The van der Waals surface area contributed by atoms with Crippen LogP contribution in [0.5, 0.6) is 0 Å². The van der Waals surface area contributed by atoms with E-state index in [0.29, 0.717) is 18.9 Å². The number of aromatic nitrogens is 2. The summed E-state index contributed by atoms with van der Waals surface area (Å²) in [6.07, 6.45) is 6.15. The Hall–Kier alpha value is -0.870. The summed E-state index contributed by atoms with van der Waals surface area (Å²) in [7, 11) is 1.95. The summed E-state index contributed by atoms with van der Waals surface area (Å²) >= 11 is 0. The molecule has 0 amide bonds. The van der Waals surface area contributed by atoms with E-state index in [1.54, 1.807) is 6.20 Å². The number of aliphatic hydroxyl groups is 1. The number of nitrogens with zero attached hydrogens (tertiary/aromatic N) is 2. The van der Waals surface area contributed by atoms with Gasteiger partial charge < -0.3 is 14.4 Å². The summed E-state index contributed by atoms with van der Waals surface area (Å²) in [4.78, 5) is 4.23. The first-order valence-electron chi connectivity index (χ1n) is 5.98. The lowest BCUT2D eigenvalue weighted by Crippen LogP contribution is -2.33. The van der Waals surface area contributed by atoms with Crippen LogP contribution in [0.1, 0.15) is 25.6 Å². The summed E-state index contributed by atoms with van der Waals surface area (Å²) in [5.41, 5.74) is 0. The number of aliphatic hydroxyl groups excluding tert-OH is 1. The SMILES string of the molecule is CCOC(C(O)Cc1nccn1C)C1CC1. The lowest BCUT2D eigenvalue weighted by atomic mass is 10.1. The van der Waals surface area contributed by atoms with Crippen molar-refractivity contribution in [3.63, 3.8) is 0 Å². The van der Waals surface area contributed by atoms with Crippen molar-refractivity contribution in [3.05, 3.63) is 18.2 Å². The third-order valence-corrected chi connectivity index (χ3v) is 3.14. The van der Waals surface area contributed by atoms with Gasteiger partial charge in [-0.3, -0.25) is 0 Å². The van der Waals surface area contributed by atoms with Crippen LogP contribution < -0.4 is 0 Å². The molecule has 1 fully saturated rings. The van der Waals surface area contributed by atoms with Gasteiger partial charge in [0, 0.05) is 32.5 Å². The molecule has 4 heteroatoms. The monoisotopic (exact) mass is 224 g/mol. The van der Waals surface area contributed by atoms with E-state index in [1.807, 2.05) is 24.7 Å². The highest BCUT2D eigenvalue weighted by Crippen LogP contribution is 2.36. The van der Waals surface area contributed by atoms with E-state index in [4.69, 9.17) is 4.74 Å². The molecular formula is C12H20N2O2. The van der Waals surface area contributed by atoms with E-state index in [-0.39, 0.29) is 6.10 Å². The molecule has 0 spiro atoms. The van der Waals surface area contributed by atoms with Crippen LogP contribution in [0.3, 0.4) is 0 Å². The minimum Gasteiger partial charge on any atom is -0.390 e. The minimum absolute atomic E-state index is 0.0123. The van der Waals surface area contributed by atoms with Crippen molar-refractivity contribution in [1.29, 1.82) is 0 Å². The number of hydrogen-bond acceptors (Lipinski definition) is 3. The fraction of sp³-hybridized carbons (Fsp3) is 0.750. The number of aryl methyl sites for hydroxylation is 1. The van der Waals surface area contributed by atoms with E-state index in [0.717, 1.165) is 5.82 Å². The predicted octanol–water partition coefficient (Wildman–Crippen LogP) is 1.14. The fourth-order valence-electron chi connectivity index (χ4n) is 2.07. The lowest BCUT2D eigenvalue weighted by molar-refractivity contribution is -0.0448. The van der Waals surface area contributed by atoms with Gasteiger partial charge in [0.15, 0.2) is 0 Å². The molecule has 4 nitrogen and oxygen atoms in total. The van der Waals surface area contributed by atoms with Crippen molar-refractivity contribution >= 4 is 0 Å². The molecule has 1 N–H and O–H groups in total. The molecule has 0 saturated heterocycles. The molecule has 1 aliphatic rings. The Balaban J connectivity index is 1.94. The van der Waals surface area contributed by atoms with Crippen LogP contribution in [-0.2, 0) is 18.2 Å². The molecule has 2 unspecified atom stereocenters. The van der Waals surface area contributed by atoms with E-state index in [9.17, 15) is 5.11 Å². The van der Waals surface area contributed by atoms with Crippen molar-refractivity contribution in [2.24, 2.45) is 13.0 Å². The Morgan fingerprint density at radius 2 is 2.38 bits per heavy atom. The first-order valence-corrected chi connectivity index (χ1v) is 5.98. The Kier molecular flexibility index (Phi) is 3.61. The molecule has 1 heterocycles. The molecule has 1 aromatic heterocycles. The van der Waals surface area contributed by atoms with Gasteiger partial charge in [0.05, 0.1) is 12.2 Å². The topological polar surface area (TPSA) is 47.3 Å². The molecule has 0 aromatic carbocycles. The molecule has 16 heavy (non-hydrogen) atoms. The molecule has 2 rings (SSSR count). The maximum atomic E-state index is 10.2. The molecule has 2 atom stereocenters. The highest BCUT2D eigenvalue weighted by atomic mass is 16.5. The number of imidazole rings is 1. The maximum absolute atomic E-state index is 10.2. The van der Waals surface area contributed by atoms with Crippen LogP contribution in [0.15, 0.2) is 12.4 Å². The van der Waals surface area contributed by atoms with Crippen molar-refractivity contribution in [1.82, 2.24) is 9.55 Å². The first kappa shape index (κ1) is 11.6. The quantitative estimate of drug-likeness (QED) is 0.788. The van der Waals surface area contributed by atoms with Gasteiger partial charge in [-0.05, 0) is 25.7 Å². The van der Waals surface area contributed by atoms with Gasteiger partial charge in [0.25, 0.3) is 0 Å². The highest BCUT2D eigenvalue weighted by Gasteiger charge is 2.36. The second kappa shape index (κ2) is 4.97. The van der Waals surface area contributed by atoms with Crippen molar-refractivity contribution in [2.75, 3.05) is 6.61 Å². The standard InChI is InChI=1S/C12H20N2O2/c1-3-16-12(9-4-5-9)10(15)8-11-13-6-7-14(11)2/h6-7,9-10,12,15H,3-5,8H2,1-2H3. The smallest absolute Gasteiger partial charge is 0.111 e. The zero-order valence-electron chi connectivity index (χ0n) is 9.97. The van der Waals surface area contributed by atoms with Crippen molar-refractivity contribution < 1.29 is 9.84 Å². The van der Waals surface area contributed by atoms with Gasteiger partial charge in [-0.2, -0.15) is 0 Å². The molecule has 0 radical (unpaired) electrons. The lowest BCUT2D eigenvalue weighted by Gasteiger charge is -2.22. The van der Waals surface area contributed by atoms with Crippen LogP contribution in [0, 0.1) is 5.92 Å². The van der Waals surface area contributed by atoms with Gasteiger partial charge in [-0.1, -0.05) is 0 Å². The molecule has 1 aromatic rings. The maximum Gasteiger partial charge on any atom is 0.111 e. The first-order chi connectivity index (χ1) is 7.72. The van der Waals surface area contributed by atoms with Crippen LogP contribution in [0.25, 0.3) is 0 Å². The van der Waals surface area contributed by atoms with Gasteiger partial charge in [0.2, 0.25) is 0 Å². The molecule has 90 valence electrons. The molecular weight excluding hydrogens is 204 g/mol. The van der Waals surface area contributed by atoms with Crippen LogP contribution >= 0.6 is 0 Å². The summed E-state index contributed by atoms with van der Waals surface area (Å²) < 4.78 is 7.57. The highest BCUT2D eigenvalue weighted by molar-refractivity contribution is 4.97. The third kappa shape index (κ3) is 2.62. The molecule has 0 bridgehead atoms. The Morgan fingerprint density at radius 3 is 2.88 bits per heavy atom. The van der Waals surface area contributed by atoms with Crippen LogP contribution in [-0.4, -0.2) is 33.5 Å². The zero-order valence-corrected chi connectivity index (χ0v) is 9.97. The van der Waals surface area contributed by atoms with Gasteiger partial charge in [-0.15, -0.1) is 0 Å². The average Bonchev–Trinajstić information content (AvgIpc) is 3.01. The Labute approximate surface area is 96.3 Å². The average molecular weight is 224 g/mol. The number of rotatable bonds is 6. The van der Waals surface area contributed by atoms with Crippen molar-refractivity contribution in [3.8, 4) is 0 Å². The van der Waals surface area contributed by atoms with E-state index >= 15 is 0 Å². The van der Waals surface area contributed by atoms with Gasteiger partial charge >= 0.3 is 0 Å². The summed E-state index contributed by atoms with van der Waals surface area (Å²) in [6.45, 7) is 2.64. The molecule has 1 aliphatic carbocycles. The van der Waals surface area contributed by atoms with Crippen LogP contribution in [0.2, 0.25) is 0 Å². The molecule has 0 aliphatic heterocycles. The summed E-state index contributed by atoms with van der Waals surface area (Å²) in [5, 5.41) is 10.2. The number of hydrogen-bond donors (Lipinski definition) is 1. The van der Waals surface area contributed by atoms with Gasteiger partial charge in [-0.25, -0.2) is 4.98 Å². The Morgan fingerprint density at radius 1 is 1.62 bits per heavy atom. The summed E-state index contributed by atoms with van der Waals surface area (Å²) in [5.74, 6) is 1.47. The van der Waals surface area contributed by atoms with Crippen molar-refractivity contribution in [2.45, 2.75) is 38.4 Å².